The Morgan fingerprint density at radius 1 is 1.30 bits per heavy atom. The maximum Gasteiger partial charge on any atom is 0.463 e. The van der Waals surface area contributed by atoms with Gasteiger partial charge in [0.15, 0.2) is 0 Å². The third kappa shape index (κ3) is 1.84. The lowest BCUT2D eigenvalue weighted by atomic mass is 10.2. The Balaban J connectivity index is 2.78. The molecule has 1 rings (SSSR count). The lowest BCUT2D eigenvalue weighted by Gasteiger charge is -1.86. The molecule has 52 valence electrons. The van der Waals surface area contributed by atoms with Crippen molar-refractivity contribution in [1.82, 2.24) is 0 Å². The van der Waals surface area contributed by atoms with Gasteiger partial charge in [-0.25, -0.2) is 4.39 Å². The predicted molar refractivity (Wildman–Crippen MR) is 38.2 cm³/mol. The van der Waals surface area contributed by atoms with Crippen LogP contribution in [0.3, 0.4) is 0 Å². The van der Waals surface area contributed by atoms with Crippen molar-refractivity contribution >= 4 is 11.7 Å². The highest BCUT2D eigenvalue weighted by Crippen LogP contribution is 2.02. The summed E-state index contributed by atoms with van der Waals surface area (Å²) in [6, 6.07) is 5.93. The largest absolute Gasteiger partial charge is 0.463 e. The first kappa shape index (κ1) is 7.28. The molecular weight excluding hydrogens is 151 g/mol. The molecule has 0 saturated carbocycles. The maximum absolute atomic E-state index is 12.2. The van der Waals surface area contributed by atoms with Crippen LogP contribution in [0.2, 0.25) is 0 Å². The van der Waals surface area contributed by atoms with Crippen molar-refractivity contribution < 1.29 is 8.60 Å². The summed E-state index contributed by atoms with van der Waals surface area (Å²) < 4.78 is 22.2. The van der Waals surface area contributed by atoms with E-state index in [0.29, 0.717) is 17.4 Å². The van der Waals surface area contributed by atoms with Crippen molar-refractivity contribution in [2.45, 2.75) is 5.75 Å². The van der Waals surface area contributed by atoms with Crippen molar-refractivity contribution in [2.75, 3.05) is 0 Å². The lowest BCUT2D eigenvalue weighted by molar-refractivity contribution is 0.604. The summed E-state index contributed by atoms with van der Waals surface area (Å²) in [4.78, 5) is 0. The molecule has 0 spiro atoms. The molecule has 0 amide bonds. The van der Waals surface area contributed by atoms with Crippen LogP contribution in [0.1, 0.15) is 5.56 Å². The fourth-order valence-corrected chi connectivity index (χ4v) is 0.977. The molecule has 1 nitrogen and oxygen atoms in total. The van der Waals surface area contributed by atoms with E-state index in [-0.39, 0.29) is 5.82 Å². The SMILES string of the molecule is O=[S+]Cc1ccc(F)cc1. The average molecular weight is 157 g/mol. The molecule has 1 aromatic carbocycles. The van der Waals surface area contributed by atoms with Gasteiger partial charge in [0.1, 0.15) is 5.82 Å². The van der Waals surface area contributed by atoms with Crippen LogP contribution < -0.4 is 0 Å². The van der Waals surface area contributed by atoms with Gasteiger partial charge in [0.2, 0.25) is 0 Å². The van der Waals surface area contributed by atoms with Gasteiger partial charge in [-0.2, -0.15) is 0 Å². The lowest BCUT2D eigenvalue weighted by Crippen LogP contribution is -1.81. The van der Waals surface area contributed by atoms with Gasteiger partial charge < -0.3 is 0 Å². The van der Waals surface area contributed by atoms with E-state index in [0.717, 1.165) is 5.56 Å². The number of hydrogen-bond acceptors (Lipinski definition) is 1. The highest BCUT2D eigenvalue weighted by molar-refractivity contribution is 7.64. The molecule has 0 fully saturated rings. The second-order valence-corrected chi connectivity index (χ2v) is 2.41. The molecule has 0 bridgehead atoms. The average Bonchev–Trinajstić information content (AvgIpc) is 1.95. The third-order valence-corrected chi connectivity index (χ3v) is 1.59. The molecule has 1 aromatic rings. The molecule has 0 aromatic heterocycles. The molecule has 0 saturated heterocycles. The van der Waals surface area contributed by atoms with Crippen molar-refractivity contribution in [3.8, 4) is 0 Å². The van der Waals surface area contributed by atoms with E-state index in [2.05, 4.69) is 0 Å². The monoisotopic (exact) mass is 157 g/mol. The van der Waals surface area contributed by atoms with Crippen LogP contribution in [0.15, 0.2) is 24.3 Å². The van der Waals surface area contributed by atoms with E-state index >= 15 is 0 Å². The quantitative estimate of drug-likeness (QED) is 0.598. The van der Waals surface area contributed by atoms with Crippen LogP contribution in [0.4, 0.5) is 4.39 Å². The Morgan fingerprint density at radius 2 is 1.90 bits per heavy atom. The summed E-state index contributed by atoms with van der Waals surface area (Å²) >= 11 is 0.488. The zero-order valence-electron chi connectivity index (χ0n) is 5.21. The topological polar surface area (TPSA) is 17.1 Å². The second kappa shape index (κ2) is 3.37. The molecule has 0 aliphatic rings. The minimum atomic E-state index is -0.264. The number of benzene rings is 1. The van der Waals surface area contributed by atoms with Gasteiger partial charge >= 0.3 is 11.7 Å². The molecule has 0 atom stereocenters. The Bertz CT molecular complexity index is 220. The predicted octanol–water partition coefficient (Wildman–Crippen LogP) is 1.75. The highest BCUT2D eigenvalue weighted by atomic mass is 32.1. The Hall–Kier alpha value is -0.830. The minimum absolute atomic E-state index is 0.264. The van der Waals surface area contributed by atoms with Crippen LogP contribution in [0.25, 0.3) is 0 Å². The van der Waals surface area contributed by atoms with E-state index in [1.807, 2.05) is 0 Å². The summed E-state index contributed by atoms with van der Waals surface area (Å²) in [5.74, 6) is 0.139. The summed E-state index contributed by atoms with van der Waals surface area (Å²) in [6.45, 7) is 0. The van der Waals surface area contributed by atoms with Crippen LogP contribution in [0.5, 0.6) is 0 Å². The molecule has 0 N–H and O–H groups in total. The standard InChI is InChI=1S/C7H6FOS/c8-7-3-1-6(2-4-7)5-10-9/h1-4H,5H2/q+1. The molecule has 0 radical (unpaired) electrons. The maximum atomic E-state index is 12.2. The Kier molecular flexibility index (Phi) is 2.45. The summed E-state index contributed by atoms with van der Waals surface area (Å²) in [7, 11) is 0. The zero-order chi connectivity index (χ0) is 7.40. The second-order valence-electron chi connectivity index (χ2n) is 1.89. The summed E-state index contributed by atoms with van der Waals surface area (Å²) in [5.41, 5.74) is 0.862. The molecule has 0 unspecified atom stereocenters. The smallest absolute Gasteiger partial charge is 0.207 e. The first-order valence-electron chi connectivity index (χ1n) is 2.82. The van der Waals surface area contributed by atoms with E-state index in [1.165, 1.54) is 12.1 Å². The molecular formula is C7H6FOS+. The number of rotatable bonds is 2. The zero-order valence-corrected chi connectivity index (χ0v) is 6.03. The first-order chi connectivity index (χ1) is 4.83. The first-order valence-corrected chi connectivity index (χ1v) is 3.73. The van der Waals surface area contributed by atoms with Gasteiger partial charge in [-0.3, -0.25) is 0 Å². The van der Waals surface area contributed by atoms with E-state index < -0.39 is 0 Å². The highest BCUT2D eigenvalue weighted by Gasteiger charge is 2.00. The Morgan fingerprint density at radius 3 is 2.40 bits per heavy atom. The van der Waals surface area contributed by atoms with Crippen LogP contribution in [0, 0.1) is 5.82 Å². The molecule has 0 heterocycles. The number of halogens is 1. The van der Waals surface area contributed by atoms with Gasteiger partial charge in [0.25, 0.3) is 5.75 Å². The minimum Gasteiger partial charge on any atom is -0.207 e. The van der Waals surface area contributed by atoms with Gasteiger partial charge in [0, 0.05) is 9.77 Å². The molecule has 0 aliphatic carbocycles. The number of hydrogen-bond donors (Lipinski definition) is 0. The van der Waals surface area contributed by atoms with Gasteiger partial charge in [-0.1, -0.05) is 12.1 Å². The van der Waals surface area contributed by atoms with Gasteiger partial charge in [0.05, 0.1) is 0 Å². The summed E-state index contributed by atoms with van der Waals surface area (Å²) in [6.07, 6.45) is 0. The third-order valence-electron chi connectivity index (χ3n) is 1.14. The summed E-state index contributed by atoms with van der Waals surface area (Å²) in [5, 5.41) is 0. The van der Waals surface area contributed by atoms with Crippen molar-refractivity contribution in [2.24, 2.45) is 0 Å². The normalized spacial score (nSPS) is 9.30. The van der Waals surface area contributed by atoms with Crippen molar-refractivity contribution in [1.29, 1.82) is 0 Å². The van der Waals surface area contributed by atoms with Gasteiger partial charge in [-0.15, -0.1) is 0 Å². The van der Waals surface area contributed by atoms with Crippen LogP contribution >= 0.6 is 0 Å². The fraction of sp³-hybridized carbons (Fsp3) is 0.143. The van der Waals surface area contributed by atoms with Gasteiger partial charge in [-0.05, 0) is 12.1 Å². The van der Waals surface area contributed by atoms with E-state index in [1.54, 1.807) is 12.1 Å². The molecule has 3 heteroatoms. The van der Waals surface area contributed by atoms with Crippen LogP contribution in [-0.4, -0.2) is 0 Å². The molecule has 0 aliphatic heterocycles. The van der Waals surface area contributed by atoms with Crippen molar-refractivity contribution in [3.05, 3.63) is 35.6 Å². The van der Waals surface area contributed by atoms with E-state index in [9.17, 15) is 8.60 Å². The van der Waals surface area contributed by atoms with E-state index in [4.69, 9.17) is 0 Å². The molecule has 10 heavy (non-hydrogen) atoms. The van der Waals surface area contributed by atoms with Crippen molar-refractivity contribution in [3.63, 3.8) is 0 Å². The Labute approximate surface area is 62.4 Å². The fourth-order valence-electron chi connectivity index (χ4n) is 0.649. The van der Waals surface area contributed by atoms with Crippen LogP contribution in [-0.2, 0) is 21.6 Å².